The summed E-state index contributed by atoms with van der Waals surface area (Å²) in [5.41, 5.74) is 0. The zero-order chi connectivity index (χ0) is 15.5. The highest BCUT2D eigenvalue weighted by Gasteiger charge is 2.29. The average molecular weight is 303 g/mol. The molecule has 1 fully saturated rings. The number of rotatable bonds is 4. The van der Waals surface area contributed by atoms with Gasteiger partial charge in [-0.15, -0.1) is 10.2 Å². The molecule has 116 valence electrons. The van der Waals surface area contributed by atoms with Gasteiger partial charge in [0.1, 0.15) is 12.4 Å². The van der Waals surface area contributed by atoms with Crippen LogP contribution in [0.1, 0.15) is 17.0 Å². The molecule has 1 aliphatic rings. The molecule has 3 rings (SSSR count). The molecule has 1 aliphatic heterocycles. The molecule has 1 amide bonds. The summed E-state index contributed by atoms with van der Waals surface area (Å²) in [6, 6.07) is 3.62. The number of aromatic nitrogens is 5. The Hall–Kier alpha value is -2.71. The predicted octanol–water partition coefficient (Wildman–Crippen LogP) is -0.0458. The summed E-state index contributed by atoms with van der Waals surface area (Å²) in [6.07, 6.45) is 1.97. The first-order chi connectivity index (χ1) is 10.6. The molecule has 0 bridgehead atoms. The second-order valence-corrected chi connectivity index (χ2v) is 5.24. The van der Waals surface area contributed by atoms with Crippen molar-refractivity contribution in [1.82, 2.24) is 30.3 Å². The van der Waals surface area contributed by atoms with Crippen LogP contribution in [-0.2, 0) is 0 Å². The second-order valence-electron chi connectivity index (χ2n) is 5.24. The van der Waals surface area contributed by atoms with Gasteiger partial charge in [0.25, 0.3) is 5.91 Å². The van der Waals surface area contributed by atoms with Crippen LogP contribution in [0, 0.1) is 0 Å². The smallest absolute Gasteiger partial charge is 0.291 e. The van der Waals surface area contributed by atoms with Gasteiger partial charge in [0, 0.05) is 33.1 Å². The number of H-pyrrole nitrogens is 1. The molecule has 9 heteroatoms. The van der Waals surface area contributed by atoms with Crippen LogP contribution < -0.4 is 9.64 Å². The van der Waals surface area contributed by atoms with Crippen LogP contribution in [0.4, 0.5) is 5.82 Å². The van der Waals surface area contributed by atoms with Crippen LogP contribution in [-0.4, -0.2) is 69.5 Å². The molecule has 0 saturated carbocycles. The highest BCUT2D eigenvalue weighted by Crippen LogP contribution is 2.18. The zero-order valence-corrected chi connectivity index (χ0v) is 12.4. The lowest BCUT2D eigenvalue weighted by molar-refractivity contribution is 0.0759. The fourth-order valence-corrected chi connectivity index (χ4v) is 2.25. The Bertz CT molecular complexity index is 626. The Labute approximate surface area is 127 Å². The van der Waals surface area contributed by atoms with Crippen molar-refractivity contribution >= 4 is 11.7 Å². The van der Waals surface area contributed by atoms with E-state index in [9.17, 15) is 4.79 Å². The van der Waals surface area contributed by atoms with Crippen LogP contribution in [0.25, 0.3) is 0 Å². The lowest BCUT2D eigenvalue weighted by Gasteiger charge is -2.16. The number of carbonyl (C=O) groups excluding carboxylic acids is 1. The molecule has 9 nitrogen and oxygen atoms in total. The van der Waals surface area contributed by atoms with Crippen LogP contribution in [0.3, 0.4) is 0 Å². The van der Waals surface area contributed by atoms with Gasteiger partial charge in [-0.2, -0.15) is 5.10 Å². The van der Waals surface area contributed by atoms with Crippen molar-refractivity contribution in [1.29, 1.82) is 0 Å². The summed E-state index contributed by atoms with van der Waals surface area (Å²) >= 11 is 0. The molecule has 2 aromatic rings. The molecule has 0 aliphatic carbocycles. The van der Waals surface area contributed by atoms with E-state index < -0.39 is 0 Å². The van der Waals surface area contributed by atoms with E-state index in [4.69, 9.17) is 4.74 Å². The van der Waals surface area contributed by atoms with Gasteiger partial charge in [-0.25, -0.2) is 4.98 Å². The molecule has 1 N–H and O–H groups in total. The number of ether oxygens (including phenoxy) is 1. The summed E-state index contributed by atoms with van der Waals surface area (Å²) in [5, 5.41) is 14.4. The maximum Gasteiger partial charge on any atom is 0.291 e. The van der Waals surface area contributed by atoms with E-state index in [1.807, 2.05) is 25.1 Å². The zero-order valence-electron chi connectivity index (χ0n) is 12.4. The summed E-state index contributed by atoms with van der Waals surface area (Å²) in [7, 11) is 3.79. The fourth-order valence-electron chi connectivity index (χ4n) is 2.25. The lowest BCUT2D eigenvalue weighted by Crippen LogP contribution is -2.31. The molecule has 1 unspecified atom stereocenters. The van der Waals surface area contributed by atoms with Crippen molar-refractivity contribution < 1.29 is 9.53 Å². The van der Waals surface area contributed by atoms with Crippen molar-refractivity contribution in [2.24, 2.45) is 0 Å². The number of anilines is 1. The van der Waals surface area contributed by atoms with Crippen molar-refractivity contribution in [3.8, 4) is 5.88 Å². The number of likely N-dealkylation sites (tertiary alicyclic amines) is 1. The molecule has 22 heavy (non-hydrogen) atoms. The Balaban J connectivity index is 1.58. The van der Waals surface area contributed by atoms with E-state index in [0.29, 0.717) is 19.0 Å². The van der Waals surface area contributed by atoms with Gasteiger partial charge < -0.3 is 14.5 Å². The Morgan fingerprint density at radius 3 is 2.91 bits per heavy atom. The molecule has 3 heterocycles. The van der Waals surface area contributed by atoms with E-state index >= 15 is 0 Å². The minimum atomic E-state index is -0.169. The van der Waals surface area contributed by atoms with E-state index in [0.717, 1.165) is 12.2 Å². The number of hydrogen-bond acceptors (Lipinski definition) is 7. The topological polar surface area (TPSA) is 100 Å². The van der Waals surface area contributed by atoms with Gasteiger partial charge in [-0.1, -0.05) is 0 Å². The van der Waals surface area contributed by atoms with Gasteiger partial charge in [-0.3, -0.25) is 9.89 Å². The monoisotopic (exact) mass is 303 g/mol. The third-order valence-electron chi connectivity index (χ3n) is 3.42. The molecule has 0 spiro atoms. The number of hydrogen-bond donors (Lipinski definition) is 1. The third-order valence-corrected chi connectivity index (χ3v) is 3.42. The van der Waals surface area contributed by atoms with Gasteiger partial charge in [0.15, 0.2) is 5.82 Å². The van der Waals surface area contributed by atoms with E-state index in [1.54, 1.807) is 11.0 Å². The first-order valence-corrected chi connectivity index (χ1v) is 6.96. The molecule has 0 aromatic carbocycles. The number of amides is 1. The Morgan fingerprint density at radius 1 is 1.41 bits per heavy atom. The summed E-state index contributed by atoms with van der Waals surface area (Å²) in [6.45, 7) is 1.12. The minimum absolute atomic E-state index is 0.0913. The van der Waals surface area contributed by atoms with Crippen LogP contribution in [0.2, 0.25) is 0 Å². The number of carbonyl (C=O) groups is 1. The normalized spacial score (nSPS) is 17.5. The molecular weight excluding hydrogens is 286 g/mol. The van der Waals surface area contributed by atoms with Crippen LogP contribution in [0.15, 0.2) is 18.5 Å². The van der Waals surface area contributed by atoms with E-state index in [-0.39, 0.29) is 17.8 Å². The quantitative estimate of drug-likeness (QED) is 0.845. The highest BCUT2D eigenvalue weighted by atomic mass is 16.5. The molecular formula is C13H17N7O2. The fraction of sp³-hybridized carbons (Fsp3) is 0.462. The number of nitrogens with zero attached hydrogens (tertiary/aromatic N) is 6. The maximum atomic E-state index is 12.1. The molecule has 0 radical (unpaired) electrons. The van der Waals surface area contributed by atoms with Gasteiger partial charge >= 0.3 is 0 Å². The standard InChI is InChI=1S/C13H17N7O2/c1-19(2)10-3-4-11(17-16-10)22-9-5-6-20(7-9)13(21)12-14-8-15-18-12/h3-4,8-9H,5-7H2,1-2H3,(H,14,15,18). The summed E-state index contributed by atoms with van der Waals surface area (Å²) < 4.78 is 5.78. The van der Waals surface area contributed by atoms with Crippen LogP contribution >= 0.6 is 0 Å². The van der Waals surface area contributed by atoms with Crippen molar-refractivity contribution in [3.63, 3.8) is 0 Å². The Morgan fingerprint density at radius 2 is 2.27 bits per heavy atom. The van der Waals surface area contributed by atoms with Crippen molar-refractivity contribution in [2.45, 2.75) is 12.5 Å². The summed E-state index contributed by atoms with van der Waals surface area (Å²) in [4.78, 5) is 19.6. The van der Waals surface area contributed by atoms with Gasteiger partial charge in [-0.05, 0) is 6.07 Å². The van der Waals surface area contributed by atoms with E-state index in [1.165, 1.54) is 6.33 Å². The third kappa shape index (κ3) is 2.97. The lowest BCUT2D eigenvalue weighted by atomic mass is 10.3. The van der Waals surface area contributed by atoms with E-state index in [2.05, 4.69) is 25.4 Å². The molecule has 1 saturated heterocycles. The predicted molar refractivity (Wildman–Crippen MR) is 77.7 cm³/mol. The van der Waals surface area contributed by atoms with Crippen molar-refractivity contribution in [3.05, 3.63) is 24.3 Å². The minimum Gasteiger partial charge on any atom is -0.471 e. The first-order valence-electron chi connectivity index (χ1n) is 6.96. The van der Waals surface area contributed by atoms with Gasteiger partial charge in [0.05, 0.1) is 6.54 Å². The Kier molecular flexibility index (Phi) is 3.86. The van der Waals surface area contributed by atoms with Gasteiger partial charge in [0.2, 0.25) is 11.7 Å². The first kappa shape index (κ1) is 14.2. The average Bonchev–Trinajstić information content (AvgIpc) is 3.19. The summed E-state index contributed by atoms with van der Waals surface area (Å²) in [5.74, 6) is 1.30. The second kappa shape index (κ2) is 5.96. The van der Waals surface area contributed by atoms with Crippen molar-refractivity contribution in [2.75, 3.05) is 32.1 Å². The largest absolute Gasteiger partial charge is 0.471 e. The number of nitrogens with one attached hydrogen (secondary N) is 1. The highest BCUT2D eigenvalue weighted by molar-refractivity contribution is 5.90. The molecule has 2 aromatic heterocycles. The SMILES string of the molecule is CN(C)c1ccc(OC2CCN(C(=O)c3ncn[nH]3)C2)nn1. The van der Waals surface area contributed by atoms with Crippen LogP contribution in [0.5, 0.6) is 5.88 Å². The number of aromatic amines is 1. The maximum absolute atomic E-state index is 12.1. The molecule has 1 atom stereocenters.